The number of rotatable bonds is 14. The Morgan fingerprint density at radius 3 is 2.61 bits per heavy atom. The van der Waals surface area contributed by atoms with Crippen LogP contribution in [0.25, 0.3) is 0 Å². The number of Topliss-reactive ketones (excluding diaryl/α,β-unsaturated/α-hetero) is 2. The molecule has 0 aliphatic heterocycles. The van der Waals surface area contributed by atoms with Gasteiger partial charge in [0.2, 0.25) is 5.78 Å². The number of ketones is 2. The molecule has 3 unspecified atom stereocenters. The van der Waals surface area contributed by atoms with Gasteiger partial charge in [-0.1, -0.05) is 25.5 Å². The Morgan fingerprint density at radius 2 is 2.00 bits per heavy atom. The minimum Gasteiger partial charge on any atom is -0.481 e. The third kappa shape index (κ3) is 8.04. The molecule has 5 nitrogen and oxygen atoms in total. The largest absolute Gasteiger partial charge is 0.481 e. The first-order valence-corrected chi connectivity index (χ1v) is 10.4. The second-order valence-electron chi connectivity index (χ2n) is 7.38. The lowest BCUT2D eigenvalue weighted by molar-refractivity contribution is -0.144. The van der Waals surface area contributed by atoms with Crippen molar-refractivity contribution in [3.63, 3.8) is 0 Å². The van der Waals surface area contributed by atoms with Crippen LogP contribution >= 0.6 is 9.47 Å². The summed E-state index contributed by atoms with van der Waals surface area (Å²) in [5, 5.41) is 8.61. The van der Waals surface area contributed by atoms with Crippen molar-refractivity contribution in [3.8, 4) is 0 Å². The Bertz CT molecular complexity index is 565. The van der Waals surface area contributed by atoms with Crippen LogP contribution < -0.4 is 0 Å². The maximum absolute atomic E-state index is 13.9. The number of allylic oxidation sites excluding steroid dienone is 2. The number of alkyl halides is 2. The number of hydrogen-bond acceptors (Lipinski definition) is 4. The first-order chi connectivity index (χ1) is 13.2. The van der Waals surface area contributed by atoms with Crippen LogP contribution in [0.3, 0.4) is 0 Å². The van der Waals surface area contributed by atoms with Gasteiger partial charge in [0, 0.05) is 41.1 Å². The van der Waals surface area contributed by atoms with Crippen LogP contribution in [0.1, 0.15) is 71.1 Å². The molecule has 160 valence electrons. The van der Waals surface area contributed by atoms with Gasteiger partial charge in [-0.3, -0.25) is 14.4 Å². The van der Waals surface area contributed by atoms with E-state index in [1.54, 1.807) is 6.92 Å². The standard InChI is InChI=1S/C20H31F2O5P/c1-2-3-12-20(21,22)18(24)11-10-15-14(16(23)13-17(15)27-28)8-6-4-5-7-9-19(25)26/h4,6,14-15,17H,2-3,5,7-13,28H2,1H3,(H,25,26)/t14?,15-,17?/m1/s1. The van der Waals surface area contributed by atoms with Gasteiger partial charge in [0.05, 0.1) is 6.10 Å². The van der Waals surface area contributed by atoms with Gasteiger partial charge < -0.3 is 9.63 Å². The summed E-state index contributed by atoms with van der Waals surface area (Å²) in [6.45, 7) is 1.80. The first-order valence-electron chi connectivity index (χ1n) is 9.89. The van der Waals surface area contributed by atoms with Gasteiger partial charge in [-0.2, -0.15) is 8.78 Å². The quantitative estimate of drug-likeness (QED) is 0.249. The van der Waals surface area contributed by atoms with E-state index >= 15 is 0 Å². The van der Waals surface area contributed by atoms with E-state index in [4.69, 9.17) is 9.63 Å². The molecule has 0 radical (unpaired) electrons. The Kier molecular flexibility index (Phi) is 11.0. The summed E-state index contributed by atoms with van der Waals surface area (Å²) >= 11 is 0. The summed E-state index contributed by atoms with van der Waals surface area (Å²) < 4.78 is 33.1. The molecular weight excluding hydrogens is 389 g/mol. The molecule has 0 spiro atoms. The molecule has 0 bridgehead atoms. The lowest BCUT2D eigenvalue weighted by Gasteiger charge is -2.23. The van der Waals surface area contributed by atoms with Gasteiger partial charge in [0.15, 0.2) is 0 Å². The molecule has 1 fully saturated rings. The number of carboxylic acid groups (broad SMARTS) is 1. The molecule has 0 aromatic carbocycles. The van der Waals surface area contributed by atoms with Crippen molar-refractivity contribution < 1.29 is 32.8 Å². The highest BCUT2D eigenvalue weighted by atomic mass is 31.0. The normalized spacial score (nSPS) is 22.9. The highest BCUT2D eigenvalue weighted by Gasteiger charge is 2.43. The van der Waals surface area contributed by atoms with Crippen molar-refractivity contribution in [2.75, 3.05) is 0 Å². The average molecular weight is 420 g/mol. The fourth-order valence-corrected chi connectivity index (χ4v) is 3.89. The lowest BCUT2D eigenvalue weighted by atomic mass is 9.86. The van der Waals surface area contributed by atoms with Crippen LogP contribution in [0.2, 0.25) is 0 Å². The number of carbonyl (C=O) groups is 3. The fraction of sp³-hybridized carbons (Fsp3) is 0.750. The first kappa shape index (κ1) is 24.8. The summed E-state index contributed by atoms with van der Waals surface area (Å²) in [5.74, 6) is -5.85. The summed E-state index contributed by atoms with van der Waals surface area (Å²) in [5.41, 5.74) is 0. The van der Waals surface area contributed by atoms with Crippen molar-refractivity contribution in [2.45, 2.75) is 83.2 Å². The van der Waals surface area contributed by atoms with E-state index < -0.39 is 24.1 Å². The molecular formula is C20H31F2O5P. The maximum atomic E-state index is 13.9. The number of hydrogen-bond donors (Lipinski definition) is 1. The second-order valence-corrected chi connectivity index (χ2v) is 7.65. The SMILES string of the molecule is CCCCC(F)(F)C(=O)CC[C@H]1C(OP)CC(=O)C1CC=CCCCC(=O)O. The molecule has 0 aromatic heterocycles. The monoisotopic (exact) mass is 420 g/mol. The number of aliphatic carboxylic acids is 1. The Morgan fingerprint density at radius 1 is 1.29 bits per heavy atom. The molecule has 8 heteroatoms. The predicted molar refractivity (Wildman–Crippen MR) is 105 cm³/mol. The molecule has 1 N–H and O–H groups in total. The highest BCUT2D eigenvalue weighted by Crippen LogP contribution is 2.39. The molecule has 0 amide bonds. The number of carboxylic acids is 1. The zero-order valence-electron chi connectivity index (χ0n) is 16.4. The van der Waals surface area contributed by atoms with Crippen molar-refractivity contribution in [1.29, 1.82) is 0 Å². The van der Waals surface area contributed by atoms with Gasteiger partial charge >= 0.3 is 11.9 Å². The van der Waals surface area contributed by atoms with E-state index in [-0.39, 0.29) is 49.4 Å². The summed E-state index contributed by atoms with van der Waals surface area (Å²) in [4.78, 5) is 34.8. The van der Waals surface area contributed by atoms with Crippen LogP contribution in [0.5, 0.6) is 0 Å². The summed E-state index contributed by atoms with van der Waals surface area (Å²) in [6.07, 6.45) is 5.55. The van der Waals surface area contributed by atoms with Gasteiger partial charge in [-0.15, -0.1) is 0 Å². The van der Waals surface area contributed by atoms with Gasteiger partial charge in [0.1, 0.15) is 5.78 Å². The van der Waals surface area contributed by atoms with Crippen molar-refractivity contribution in [3.05, 3.63) is 12.2 Å². The van der Waals surface area contributed by atoms with Crippen LogP contribution in [0.15, 0.2) is 12.2 Å². The molecule has 0 heterocycles. The Hall–Kier alpha value is -1.20. The van der Waals surface area contributed by atoms with E-state index in [0.29, 0.717) is 32.1 Å². The van der Waals surface area contributed by atoms with Crippen molar-refractivity contribution in [1.82, 2.24) is 0 Å². The van der Waals surface area contributed by atoms with Crippen LogP contribution in [-0.4, -0.2) is 34.7 Å². The highest BCUT2D eigenvalue weighted by molar-refractivity contribution is 7.09. The van der Waals surface area contributed by atoms with Crippen molar-refractivity contribution >= 4 is 27.0 Å². The Labute approximate surface area is 167 Å². The second kappa shape index (κ2) is 12.4. The van der Waals surface area contributed by atoms with Crippen LogP contribution in [0, 0.1) is 11.8 Å². The zero-order valence-corrected chi connectivity index (χ0v) is 17.5. The van der Waals surface area contributed by atoms with Gasteiger partial charge in [-0.05, 0) is 38.0 Å². The molecule has 1 rings (SSSR count). The summed E-state index contributed by atoms with van der Waals surface area (Å²) in [6, 6.07) is 0. The van der Waals surface area contributed by atoms with E-state index in [1.165, 1.54) is 0 Å². The Balaban J connectivity index is 2.61. The third-order valence-electron chi connectivity index (χ3n) is 5.26. The molecule has 4 atom stereocenters. The van der Waals surface area contributed by atoms with Gasteiger partial charge in [0.25, 0.3) is 0 Å². The molecule has 1 saturated carbocycles. The average Bonchev–Trinajstić information content (AvgIpc) is 2.95. The zero-order chi connectivity index (χ0) is 21.2. The molecule has 0 saturated heterocycles. The maximum Gasteiger partial charge on any atom is 0.305 e. The molecule has 0 aromatic rings. The lowest BCUT2D eigenvalue weighted by Crippen LogP contribution is -2.30. The molecule has 28 heavy (non-hydrogen) atoms. The van der Waals surface area contributed by atoms with Crippen LogP contribution in [-0.2, 0) is 18.9 Å². The molecule has 1 aliphatic rings. The third-order valence-corrected chi connectivity index (χ3v) is 5.61. The number of halogens is 2. The summed E-state index contributed by atoms with van der Waals surface area (Å²) in [7, 11) is 2.12. The van der Waals surface area contributed by atoms with Crippen molar-refractivity contribution in [2.24, 2.45) is 11.8 Å². The molecule has 1 aliphatic carbocycles. The van der Waals surface area contributed by atoms with Crippen LogP contribution in [0.4, 0.5) is 8.78 Å². The minimum atomic E-state index is -3.31. The topological polar surface area (TPSA) is 80.7 Å². The smallest absolute Gasteiger partial charge is 0.305 e. The number of carbonyl (C=O) groups excluding carboxylic acids is 2. The van der Waals surface area contributed by atoms with E-state index in [2.05, 4.69) is 9.47 Å². The van der Waals surface area contributed by atoms with E-state index in [9.17, 15) is 23.2 Å². The van der Waals surface area contributed by atoms with Gasteiger partial charge in [-0.25, -0.2) is 0 Å². The number of unbranched alkanes of at least 4 members (excludes halogenated alkanes) is 2. The fourth-order valence-electron chi connectivity index (χ4n) is 3.59. The minimum absolute atomic E-state index is 0.0119. The van der Waals surface area contributed by atoms with E-state index in [0.717, 1.165) is 0 Å². The predicted octanol–water partition coefficient (Wildman–Crippen LogP) is 4.74. The van der Waals surface area contributed by atoms with E-state index in [1.807, 2.05) is 12.2 Å².